The van der Waals surface area contributed by atoms with Gasteiger partial charge in [-0.05, 0) is 13.3 Å². The van der Waals surface area contributed by atoms with Crippen molar-refractivity contribution < 1.29 is 4.74 Å². The van der Waals surface area contributed by atoms with E-state index in [0.717, 1.165) is 12.8 Å². The van der Waals surface area contributed by atoms with Crippen molar-refractivity contribution in [2.45, 2.75) is 25.9 Å². The first-order valence-electron chi connectivity index (χ1n) is 2.67. The first kappa shape index (κ1) is 6.96. The van der Waals surface area contributed by atoms with Gasteiger partial charge in [-0.2, -0.15) is 0 Å². The Bertz CT molecular complexity index is 35.2. The van der Waals surface area contributed by atoms with E-state index in [9.17, 15) is 0 Å². The first-order valence-corrected chi connectivity index (χ1v) is 2.67. The Morgan fingerprint density at radius 3 is 2.43 bits per heavy atom. The number of ether oxygens (including phenoxy) is 1. The molecule has 0 aromatic heterocycles. The maximum Gasteiger partial charge on any atom is 0.0572 e. The molecule has 0 aromatic rings. The van der Waals surface area contributed by atoms with Gasteiger partial charge in [-0.15, -0.1) is 0 Å². The third-order valence-electron chi connectivity index (χ3n) is 0.944. The van der Waals surface area contributed by atoms with Gasteiger partial charge in [0.2, 0.25) is 0 Å². The molecule has 1 atom stereocenters. The van der Waals surface area contributed by atoms with Crippen molar-refractivity contribution in [3.8, 4) is 0 Å². The second kappa shape index (κ2) is 4.13. The molecular formula is C6H13O. The third-order valence-corrected chi connectivity index (χ3v) is 0.944. The fraction of sp³-hybridized carbons (Fsp3) is 0.833. The van der Waals surface area contributed by atoms with Gasteiger partial charge in [0.25, 0.3) is 0 Å². The molecule has 0 rings (SSSR count). The predicted octanol–water partition coefficient (Wildman–Crippen LogP) is 1.64. The fourth-order valence-electron chi connectivity index (χ4n) is 0.440. The largest absolute Gasteiger partial charge is 0.381 e. The van der Waals surface area contributed by atoms with Crippen LogP contribution < -0.4 is 0 Å². The van der Waals surface area contributed by atoms with E-state index < -0.39 is 0 Å². The molecule has 0 N–H and O–H groups in total. The highest BCUT2D eigenvalue weighted by Crippen LogP contribution is 1.96. The summed E-state index contributed by atoms with van der Waals surface area (Å²) in [7, 11) is 1.69. The Hall–Kier alpha value is -0.0400. The van der Waals surface area contributed by atoms with Crippen molar-refractivity contribution in [3.63, 3.8) is 0 Å². The lowest BCUT2D eigenvalue weighted by molar-refractivity contribution is 0.131. The normalized spacial score (nSPS) is 14.1. The van der Waals surface area contributed by atoms with Crippen molar-refractivity contribution in [1.82, 2.24) is 0 Å². The van der Waals surface area contributed by atoms with E-state index in [1.54, 1.807) is 7.11 Å². The summed E-state index contributed by atoms with van der Waals surface area (Å²) < 4.78 is 4.88. The van der Waals surface area contributed by atoms with Crippen LogP contribution in [-0.2, 0) is 4.74 Å². The molecule has 0 saturated heterocycles. The average molecular weight is 101 g/mol. The summed E-state index contributed by atoms with van der Waals surface area (Å²) in [5.41, 5.74) is 0. The van der Waals surface area contributed by atoms with Crippen LogP contribution in [0.25, 0.3) is 0 Å². The van der Waals surface area contributed by atoms with Crippen LogP contribution in [-0.4, -0.2) is 13.2 Å². The maximum absolute atomic E-state index is 4.88. The zero-order chi connectivity index (χ0) is 5.70. The summed E-state index contributed by atoms with van der Waals surface area (Å²) in [4.78, 5) is 0. The Balaban J connectivity index is 2.83. The van der Waals surface area contributed by atoms with Gasteiger partial charge in [0.05, 0.1) is 6.10 Å². The van der Waals surface area contributed by atoms with Gasteiger partial charge in [0, 0.05) is 7.11 Å². The Morgan fingerprint density at radius 2 is 2.29 bits per heavy atom. The van der Waals surface area contributed by atoms with E-state index in [1.165, 1.54) is 0 Å². The van der Waals surface area contributed by atoms with Gasteiger partial charge in [-0.1, -0.05) is 13.3 Å². The molecule has 7 heavy (non-hydrogen) atoms. The second-order valence-electron chi connectivity index (χ2n) is 1.65. The topological polar surface area (TPSA) is 9.23 Å². The standard InChI is InChI=1S/C6H13O/c1-4-5-6(2)7-3/h6H,2,4-5H2,1,3H3/t6-/m1/s1. The highest BCUT2D eigenvalue weighted by atomic mass is 16.5. The first-order chi connectivity index (χ1) is 3.31. The van der Waals surface area contributed by atoms with Crippen LogP contribution >= 0.6 is 0 Å². The van der Waals surface area contributed by atoms with Gasteiger partial charge in [-0.25, -0.2) is 0 Å². The van der Waals surface area contributed by atoms with Crippen molar-refractivity contribution in [3.05, 3.63) is 6.92 Å². The van der Waals surface area contributed by atoms with Crippen LogP contribution in [0.15, 0.2) is 0 Å². The molecule has 0 aliphatic rings. The maximum atomic E-state index is 4.88. The minimum atomic E-state index is 0.199. The molecule has 0 aliphatic heterocycles. The highest BCUT2D eigenvalue weighted by molar-refractivity contribution is 4.55. The van der Waals surface area contributed by atoms with Gasteiger partial charge < -0.3 is 4.74 Å². The summed E-state index contributed by atoms with van der Waals surface area (Å²) in [5.74, 6) is 0. The molecular weight excluding hydrogens is 88.1 g/mol. The molecule has 0 aliphatic carbocycles. The van der Waals surface area contributed by atoms with Crippen LogP contribution in [0, 0.1) is 6.92 Å². The van der Waals surface area contributed by atoms with Gasteiger partial charge >= 0.3 is 0 Å². The van der Waals surface area contributed by atoms with Crippen molar-refractivity contribution >= 4 is 0 Å². The molecule has 0 heterocycles. The summed E-state index contributed by atoms with van der Waals surface area (Å²) >= 11 is 0. The lowest BCUT2D eigenvalue weighted by Gasteiger charge is -2.04. The highest BCUT2D eigenvalue weighted by Gasteiger charge is 1.93. The number of rotatable bonds is 3. The predicted molar refractivity (Wildman–Crippen MR) is 31.1 cm³/mol. The third kappa shape index (κ3) is 3.80. The van der Waals surface area contributed by atoms with E-state index >= 15 is 0 Å². The lowest BCUT2D eigenvalue weighted by Crippen LogP contribution is -2.02. The molecule has 1 nitrogen and oxygen atoms in total. The van der Waals surface area contributed by atoms with Gasteiger partial charge in [-0.3, -0.25) is 0 Å². The van der Waals surface area contributed by atoms with Crippen molar-refractivity contribution in [2.24, 2.45) is 0 Å². The summed E-state index contributed by atoms with van der Waals surface area (Å²) in [6, 6.07) is 0. The zero-order valence-corrected chi connectivity index (χ0v) is 5.11. The van der Waals surface area contributed by atoms with Crippen molar-refractivity contribution in [1.29, 1.82) is 0 Å². The molecule has 0 fully saturated rings. The van der Waals surface area contributed by atoms with Crippen LogP contribution in [0.5, 0.6) is 0 Å². The fourth-order valence-corrected chi connectivity index (χ4v) is 0.440. The summed E-state index contributed by atoms with van der Waals surface area (Å²) in [5, 5.41) is 0. The lowest BCUT2D eigenvalue weighted by atomic mass is 10.2. The van der Waals surface area contributed by atoms with Crippen LogP contribution in [0.4, 0.5) is 0 Å². The SMILES string of the molecule is [CH2][C@H](CCC)OC. The minimum Gasteiger partial charge on any atom is -0.381 e. The molecule has 43 valence electrons. The van der Waals surface area contributed by atoms with E-state index in [-0.39, 0.29) is 6.10 Å². The molecule has 0 amide bonds. The molecule has 1 radical (unpaired) electrons. The second-order valence-corrected chi connectivity index (χ2v) is 1.65. The summed E-state index contributed by atoms with van der Waals surface area (Å²) in [6.45, 7) is 5.85. The van der Waals surface area contributed by atoms with E-state index in [4.69, 9.17) is 4.74 Å². The Morgan fingerprint density at radius 1 is 1.71 bits per heavy atom. The minimum absolute atomic E-state index is 0.199. The molecule has 0 saturated carbocycles. The molecule has 0 unspecified atom stereocenters. The van der Waals surface area contributed by atoms with Crippen molar-refractivity contribution in [2.75, 3.05) is 7.11 Å². The molecule has 0 bridgehead atoms. The van der Waals surface area contributed by atoms with E-state index in [2.05, 4.69) is 13.8 Å². The van der Waals surface area contributed by atoms with Gasteiger partial charge in [0.15, 0.2) is 0 Å². The van der Waals surface area contributed by atoms with E-state index in [0.29, 0.717) is 0 Å². The quantitative estimate of drug-likeness (QED) is 0.525. The zero-order valence-electron chi connectivity index (χ0n) is 5.11. The molecule has 0 spiro atoms. The van der Waals surface area contributed by atoms with Gasteiger partial charge in [0.1, 0.15) is 0 Å². The van der Waals surface area contributed by atoms with Crippen LogP contribution in [0.2, 0.25) is 0 Å². The number of hydrogen-bond donors (Lipinski definition) is 0. The molecule has 1 heteroatoms. The number of methoxy groups -OCH3 is 1. The molecule has 0 aromatic carbocycles. The average Bonchev–Trinajstić information content (AvgIpc) is 1.68. The number of hydrogen-bond acceptors (Lipinski definition) is 1. The van der Waals surface area contributed by atoms with E-state index in [1.807, 2.05) is 0 Å². The van der Waals surface area contributed by atoms with Crippen LogP contribution in [0.1, 0.15) is 19.8 Å². The monoisotopic (exact) mass is 101 g/mol. The smallest absolute Gasteiger partial charge is 0.0572 e. The van der Waals surface area contributed by atoms with Crippen LogP contribution in [0.3, 0.4) is 0 Å². The summed E-state index contributed by atoms with van der Waals surface area (Å²) in [6.07, 6.45) is 2.42. The Labute approximate surface area is 45.7 Å². The Kier molecular flexibility index (Phi) is 4.10.